The largest absolute Gasteiger partial charge is 0.362 e. The third kappa shape index (κ3) is 4.07. The van der Waals surface area contributed by atoms with Crippen LogP contribution < -0.4 is 5.32 Å². The van der Waals surface area contributed by atoms with E-state index in [1.807, 2.05) is 0 Å². The van der Waals surface area contributed by atoms with Crippen LogP contribution in [0.1, 0.15) is 0 Å². The van der Waals surface area contributed by atoms with E-state index in [4.69, 9.17) is 46.4 Å². The van der Waals surface area contributed by atoms with Crippen LogP contribution in [0.5, 0.6) is 0 Å². The van der Waals surface area contributed by atoms with E-state index in [0.29, 0.717) is 5.69 Å². The molecule has 0 aliphatic heterocycles. The van der Waals surface area contributed by atoms with Gasteiger partial charge in [-0.1, -0.05) is 53.0 Å². The monoisotopic (exact) mass is 326 g/mol. The predicted molar refractivity (Wildman–Crippen MR) is 74.5 cm³/mol. The summed E-state index contributed by atoms with van der Waals surface area (Å²) in [6.07, 6.45) is 0. The van der Waals surface area contributed by atoms with Crippen molar-refractivity contribution in [2.45, 2.75) is 0 Å². The quantitative estimate of drug-likeness (QED) is 0.378. The first-order chi connectivity index (χ1) is 8.43. The number of para-hydroxylation sites is 1. The smallest absolute Gasteiger partial charge is 0.348 e. The van der Waals surface area contributed by atoms with E-state index in [1.54, 1.807) is 30.3 Å². The predicted octanol–water partition coefficient (Wildman–Crippen LogP) is 4.67. The summed E-state index contributed by atoms with van der Waals surface area (Å²) in [5, 5.41) is 12.4. The molecule has 0 unspecified atom stereocenters. The normalized spacial score (nSPS) is 11.6. The van der Waals surface area contributed by atoms with Gasteiger partial charge in [-0.25, -0.2) is 0 Å². The maximum atomic E-state index is 10.7. The van der Waals surface area contributed by atoms with Gasteiger partial charge in [0.2, 0.25) is 0 Å². The lowest BCUT2D eigenvalue weighted by Crippen LogP contribution is -2.07. The van der Waals surface area contributed by atoms with Crippen molar-refractivity contribution in [3.63, 3.8) is 0 Å². The third-order valence-electron chi connectivity index (χ3n) is 1.80. The lowest BCUT2D eigenvalue weighted by atomic mass is 10.3. The summed E-state index contributed by atoms with van der Waals surface area (Å²) >= 11 is 22.3. The van der Waals surface area contributed by atoms with E-state index in [-0.39, 0.29) is 15.2 Å². The fourth-order valence-corrected chi connectivity index (χ4v) is 1.56. The van der Waals surface area contributed by atoms with Gasteiger partial charge in [0.05, 0.1) is 4.92 Å². The molecule has 1 rings (SSSR count). The molecule has 0 heterocycles. The van der Waals surface area contributed by atoms with Crippen molar-refractivity contribution < 1.29 is 4.92 Å². The molecule has 0 bridgehead atoms. The molecule has 96 valence electrons. The van der Waals surface area contributed by atoms with Gasteiger partial charge in [-0.05, 0) is 23.7 Å². The zero-order chi connectivity index (χ0) is 13.7. The van der Waals surface area contributed by atoms with Gasteiger partial charge in [0.15, 0.2) is 5.70 Å². The molecule has 0 radical (unpaired) electrons. The molecule has 0 aromatic heterocycles. The maximum Gasteiger partial charge on any atom is 0.362 e. The summed E-state index contributed by atoms with van der Waals surface area (Å²) in [6, 6.07) is 8.61. The standard InChI is InChI=1S/C10H6Cl4N2O2/c11-7(9(12)13)8(10(14)16(17)18)15-6-4-2-1-3-5-6/h1-5,15H/b10-8-. The van der Waals surface area contributed by atoms with Gasteiger partial charge in [-0.3, -0.25) is 10.1 Å². The van der Waals surface area contributed by atoms with Crippen molar-refractivity contribution in [1.82, 2.24) is 0 Å². The lowest BCUT2D eigenvalue weighted by Gasteiger charge is -2.09. The fourth-order valence-electron chi connectivity index (χ4n) is 1.05. The molecule has 0 aliphatic carbocycles. The zero-order valence-corrected chi connectivity index (χ0v) is 11.7. The lowest BCUT2D eigenvalue weighted by molar-refractivity contribution is -0.413. The number of halogens is 4. The van der Waals surface area contributed by atoms with Gasteiger partial charge in [-0.2, -0.15) is 0 Å². The van der Waals surface area contributed by atoms with Crippen LogP contribution in [-0.2, 0) is 0 Å². The molecule has 4 nitrogen and oxygen atoms in total. The fraction of sp³-hybridized carbons (Fsp3) is 0. The minimum absolute atomic E-state index is 0.172. The van der Waals surface area contributed by atoms with Crippen molar-refractivity contribution >= 4 is 52.1 Å². The van der Waals surface area contributed by atoms with Crippen molar-refractivity contribution in [1.29, 1.82) is 0 Å². The highest BCUT2D eigenvalue weighted by atomic mass is 35.5. The second-order valence-electron chi connectivity index (χ2n) is 2.99. The molecule has 18 heavy (non-hydrogen) atoms. The van der Waals surface area contributed by atoms with E-state index >= 15 is 0 Å². The molecule has 8 heteroatoms. The number of nitro groups is 1. The first-order valence-corrected chi connectivity index (χ1v) is 6.02. The second-order valence-corrected chi connectivity index (χ2v) is 4.67. The van der Waals surface area contributed by atoms with Crippen molar-refractivity contribution in [2.75, 3.05) is 5.32 Å². The Labute approximate surface area is 123 Å². The average Bonchev–Trinajstić information content (AvgIpc) is 2.35. The van der Waals surface area contributed by atoms with E-state index < -0.39 is 10.1 Å². The van der Waals surface area contributed by atoms with Gasteiger partial charge in [0, 0.05) is 5.69 Å². The molecular formula is C10H6Cl4N2O2. The molecule has 0 saturated heterocycles. The summed E-state index contributed by atoms with van der Waals surface area (Å²) in [4.78, 5) is 9.87. The summed E-state index contributed by atoms with van der Waals surface area (Å²) in [5.41, 5.74) is 0.384. The molecular weight excluding hydrogens is 322 g/mol. The Morgan fingerprint density at radius 2 is 1.67 bits per heavy atom. The summed E-state index contributed by atoms with van der Waals surface area (Å²) in [6.45, 7) is 0. The zero-order valence-electron chi connectivity index (χ0n) is 8.66. The number of anilines is 1. The van der Waals surface area contributed by atoms with Crippen LogP contribution in [0.25, 0.3) is 0 Å². The molecule has 0 saturated carbocycles. The molecule has 1 aromatic carbocycles. The molecule has 0 atom stereocenters. The van der Waals surface area contributed by atoms with Crippen LogP contribution >= 0.6 is 46.4 Å². The van der Waals surface area contributed by atoms with Crippen LogP contribution in [0.15, 0.2) is 50.7 Å². The van der Waals surface area contributed by atoms with Gasteiger partial charge in [0.25, 0.3) is 0 Å². The number of nitrogens with zero attached hydrogens (tertiary/aromatic N) is 1. The Morgan fingerprint density at radius 1 is 1.11 bits per heavy atom. The van der Waals surface area contributed by atoms with Crippen LogP contribution in [0.2, 0.25) is 0 Å². The number of rotatable bonds is 4. The Morgan fingerprint density at radius 3 is 2.11 bits per heavy atom. The highest BCUT2D eigenvalue weighted by molar-refractivity contribution is 6.60. The van der Waals surface area contributed by atoms with E-state index in [9.17, 15) is 10.1 Å². The highest BCUT2D eigenvalue weighted by Crippen LogP contribution is 2.29. The SMILES string of the molecule is O=[N+]([O-])/C(Cl)=C(\Nc1ccccc1)C(Cl)=C(Cl)Cl. The number of allylic oxidation sites excluding steroid dienone is 1. The molecule has 1 N–H and O–H groups in total. The maximum absolute atomic E-state index is 10.7. The van der Waals surface area contributed by atoms with Gasteiger partial charge < -0.3 is 5.32 Å². The van der Waals surface area contributed by atoms with E-state index in [0.717, 1.165) is 0 Å². The Bertz CT molecular complexity index is 510. The van der Waals surface area contributed by atoms with Crippen LogP contribution in [-0.4, -0.2) is 4.92 Å². The van der Waals surface area contributed by atoms with Crippen molar-refractivity contribution in [3.05, 3.63) is 60.8 Å². The Hall–Kier alpha value is -0.940. The van der Waals surface area contributed by atoms with Gasteiger partial charge >= 0.3 is 5.16 Å². The number of benzene rings is 1. The summed E-state index contributed by atoms with van der Waals surface area (Å²) in [5.74, 6) is 0. The number of nitrogens with one attached hydrogen (secondary N) is 1. The minimum Gasteiger partial charge on any atom is -0.348 e. The van der Waals surface area contributed by atoms with Crippen molar-refractivity contribution in [2.24, 2.45) is 0 Å². The third-order valence-corrected chi connectivity index (χ3v) is 3.07. The van der Waals surface area contributed by atoms with Crippen LogP contribution in [0, 0.1) is 10.1 Å². The topological polar surface area (TPSA) is 55.2 Å². The van der Waals surface area contributed by atoms with Gasteiger partial charge in [-0.15, -0.1) is 0 Å². The first-order valence-electron chi connectivity index (χ1n) is 4.51. The molecule has 1 aromatic rings. The van der Waals surface area contributed by atoms with Crippen molar-refractivity contribution in [3.8, 4) is 0 Å². The molecule has 0 spiro atoms. The highest BCUT2D eigenvalue weighted by Gasteiger charge is 2.21. The summed E-state index contributed by atoms with van der Waals surface area (Å²) < 4.78 is -0.324. The number of hydrogen-bond donors (Lipinski definition) is 1. The first kappa shape index (κ1) is 15.1. The van der Waals surface area contributed by atoms with Gasteiger partial charge in [0.1, 0.15) is 9.52 Å². The van der Waals surface area contributed by atoms with Crippen LogP contribution in [0.4, 0.5) is 5.69 Å². The van der Waals surface area contributed by atoms with E-state index in [1.165, 1.54) is 0 Å². The Kier molecular flexibility index (Phi) is 5.75. The minimum atomic E-state index is -0.800. The Balaban J connectivity index is 3.20. The molecule has 0 aliphatic rings. The molecule has 0 amide bonds. The second kappa shape index (κ2) is 6.85. The van der Waals surface area contributed by atoms with E-state index in [2.05, 4.69) is 5.32 Å². The average molecular weight is 328 g/mol. The molecule has 0 fully saturated rings. The van der Waals surface area contributed by atoms with Crippen LogP contribution in [0.3, 0.4) is 0 Å². The summed E-state index contributed by atoms with van der Waals surface area (Å²) in [7, 11) is 0. The number of hydrogen-bond acceptors (Lipinski definition) is 3.